The number of carbonyl (C=O) groups is 1. The van der Waals surface area contributed by atoms with Crippen LogP contribution in [0, 0.1) is 12.7 Å². The lowest BCUT2D eigenvalue weighted by Crippen LogP contribution is -2.47. The maximum absolute atomic E-state index is 14.4. The molecule has 2 aromatic heterocycles. The number of aromatic nitrogens is 2. The number of fused-ring (bicyclic) bond motifs is 1. The van der Waals surface area contributed by atoms with Gasteiger partial charge in [0.1, 0.15) is 21.6 Å². The van der Waals surface area contributed by atoms with Gasteiger partial charge in [0, 0.05) is 52.6 Å². The van der Waals surface area contributed by atoms with Gasteiger partial charge < -0.3 is 14.5 Å². The molecule has 2 aliphatic heterocycles. The summed E-state index contributed by atoms with van der Waals surface area (Å²) in [5.74, 6) is 0.0310. The van der Waals surface area contributed by atoms with Crippen molar-refractivity contribution in [3.05, 3.63) is 74.8 Å². The van der Waals surface area contributed by atoms with Crippen LogP contribution in [-0.2, 0) is 9.53 Å². The van der Waals surface area contributed by atoms with Gasteiger partial charge in [-0.25, -0.2) is 9.37 Å². The molecule has 0 unspecified atom stereocenters. The van der Waals surface area contributed by atoms with Gasteiger partial charge in [0.15, 0.2) is 0 Å². The first kappa shape index (κ1) is 26.3. The third-order valence-electron chi connectivity index (χ3n) is 6.64. The number of methoxy groups -OCH3 is 1. The quantitative estimate of drug-likeness (QED) is 0.249. The highest BCUT2D eigenvalue weighted by Gasteiger charge is 2.33. The van der Waals surface area contributed by atoms with E-state index < -0.39 is 0 Å². The van der Waals surface area contributed by atoms with Crippen molar-refractivity contribution in [3.63, 3.8) is 0 Å². The van der Waals surface area contributed by atoms with E-state index in [9.17, 15) is 14.0 Å². The van der Waals surface area contributed by atoms with Gasteiger partial charge in [-0.2, -0.15) is 0 Å². The van der Waals surface area contributed by atoms with E-state index in [1.54, 1.807) is 36.4 Å². The number of carbonyl (C=O) groups excluding carboxylic acids is 1. The number of rotatable bonds is 7. The van der Waals surface area contributed by atoms with Crippen LogP contribution in [0.1, 0.15) is 17.5 Å². The molecule has 0 spiro atoms. The van der Waals surface area contributed by atoms with Gasteiger partial charge in [-0.3, -0.25) is 18.9 Å². The van der Waals surface area contributed by atoms with Crippen molar-refractivity contribution >= 4 is 57.4 Å². The number of halogens is 1. The van der Waals surface area contributed by atoms with Gasteiger partial charge in [-0.15, -0.1) is 0 Å². The third-order valence-corrected chi connectivity index (χ3v) is 8.01. The molecule has 1 aromatic carbocycles. The van der Waals surface area contributed by atoms with Crippen molar-refractivity contribution in [2.24, 2.45) is 0 Å². The third kappa shape index (κ3) is 5.18. The fraction of sp³-hybridized carbons (Fsp3) is 0.333. The van der Waals surface area contributed by atoms with Crippen LogP contribution in [0.2, 0.25) is 0 Å². The van der Waals surface area contributed by atoms with E-state index in [1.165, 1.54) is 22.2 Å². The second-order valence-corrected chi connectivity index (χ2v) is 10.9. The second kappa shape index (κ2) is 11.2. The number of benzene rings is 1. The summed E-state index contributed by atoms with van der Waals surface area (Å²) in [5.41, 5.74) is 2.09. The number of thioether (sulfide) groups is 1. The highest BCUT2D eigenvalue weighted by Crippen LogP contribution is 2.34. The summed E-state index contributed by atoms with van der Waals surface area (Å²) in [7, 11) is 1.61. The molecule has 2 saturated heterocycles. The molecule has 3 aromatic rings. The highest BCUT2D eigenvalue weighted by atomic mass is 32.2. The molecular formula is C27H28FN5O3S2. The number of nitrogens with zero attached hydrogens (tertiary/aromatic N) is 5. The largest absolute Gasteiger partial charge is 0.385 e. The van der Waals surface area contributed by atoms with Crippen LogP contribution in [0.5, 0.6) is 0 Å². The Morgan fingerprint density at radius 2 is 1.84 bits per heavy atom. The molecule has 5 rings (SSSR count). The molecule has 4 heterocycles. The summed E-state index contributed by atoms with van der Waals surface area (Å²) in [5, 5.41) is 0. The summed E-state index contributed by atoms with van der Waals surface area (Å²) in [6.45, 7) is 5.10. The number of hydrogen-bond acceptors (Lipinski definition) is 8. The monoisotopic (exact) mass is 553 g/mol. The molecule has 0 aliphatic carbocycles. The average Bonchev–Trinajstić information content (AvgIpc) is 3.18. The Hall–Kier alpha value is -3.28. The van der Waals surface area contributed by atoms with Crippen molar-refractivity contribution in [1.29, 1.82) is 0 Å². The predicted octanol–water partition coefficient (Wildman–Crippen LogP) is 3.71. The normalized spacial score (nSPS) is 17.3. The topological polar surface area (TPSA) is 70.4 Å². The van der Waals surface area contributed by atoms with Crippen molar-refractivity contribution in [1.82, 2.24) is 14.3 Å². The number of ether oxygens (including phenoxy) is 1. The van der Waals surface area contributed by atoms with Crippen molar-refractivity contribution in [3.8, 4) is 0 Å². The van der Waals surface area contributed by atoms with Crippen LogP contribution in [0.25, 0.3) is 11.7 Å². The molecule has 198 valence electrons. The molecule has 11 heteroatoms. The van der Waals surface area contributed by atoms with Gasteiger partial charge in [0.2, 0.25) is 0 Å². The lowest BCUT2D eigenvalue weighted by Gasteiger charge is -2.37. The zero-order valence-electron chi connectivity index (χ0n) is 21.2. The second-order valence-electron chi connectivity index (χ2n) is 9.19. The number of para-hydroxylation sites is 1. The fourth-order valence-electron chi connectivity index (χ4n) is 4.67. The zero-order valence-corrected chi connectivity index (χ0v) is 22.9. The summed E-state index contributed by atoms with van der Waals surface area (Å²) < 4.78 is 21.4. The van der Waals surface area contributed by atoms with Crippen LogP contribution < -0.4 is 15.4 Å². The zero-order chi connectivity index (χ0) is 26.8. The molecule has 0 N–H and O–H groups in total. The van der Waals surface area contributed by atoms with E-state index in [2.05, 4.69) is 0 Å². The van der Waals surface area contributed by atoms with E-state index in [-0.39, 0.29) is 17.3 Å². The highest BCUT2D eigenvalue weighted by molar-refractivity contribution is 8.26. The maximum Gasteiger partial charge on any atom is 0.267 e. The Bertz CT molecular complexity index is 1480. The minimum absolute atomic E-state index is 0.222. The van der Waals surface area contributed by atoms with Crippen LogP contribution in [-0.4, -0.2) is 71.0 Å². The number of hydrogen-bond donors (Lipinski definition) is 0. The van der Waals surface area contributed by atoms with Crippen LogP contribution in [0.15, 0.2) is 52.3 Å². The Morgan fingerprint density at radius 1 is 1.11 bits per heavy atom. The lowest BCUT2D eigenvalue weighted by atomic mass is 10.2. The van der Waals surface area contributed by atoms with Crippen molar-refractivity contribution < 1.29 is 13.9 Å². The van der Waals surface area contributed by atoms with Crippen molar-refractivity contribution in [2.45, 2.75) is 13.3 Å². The molecule has 38 heavy (non-hydrogen) atoms. The molecule has 2 aliphatic rings. The van der Waals surface area contributed by atoms with E-state index in [1.807, 2.05) is 34.9 Å². The van der Waals surface area contributed by atoms with Gasteiger partial charge in [0.05, 0.1) is 16.2 Å². The smallest absolute Gasteiger partial charge is 0.267 e. The van der Waals surface area contributed by atoms with Crippen LogP contribution in [0.3, 0.4) is 0 Å². The summed E-state index contributed by atoms with van der Waals surface area (Å²) in [6, 6.07) is 10.5. The first-order chi connectivity index (χ1) is 18.4. The number of aryl methyl sites for hydroxylation is 1. The predicted molar refractivity (Wildman–Crippen MR) is 153 cm³/mol. The maximum atomic E-state index is 14.4. The Kier molecular flexibility index (Phi) is 7.78. The Labute approximate surface area is 229 Å². The average molecular weight is 554 g/mol. The molecule has 0 bridgehead atoms. The Balaban J connectivity index is 1.50. The fourth-order valence-corrected chi connectivity index (χ4v) is 5.96. The molecular weight excluding hydrogens is 525 g/mol. The van der Waals surface area contributed by atoms with Crippen molar-refractivity contribution in [2.75, 3.05) is 56.2 Å². The number of amides is 1. The summed E-state index contributed by atoms with van der Waals surface area (Å²) >= 11 is 6.65. The first-order valence-electron chi connectivity index (χ1n) is 12.4. The molecule has 1 amide bonds. The SMILES string of the molecule is COCCCN1C(=O)/C(=C\c2c(N3CCN(c4ccccc4F)CC3)nc3ccc(C)cn3c2=O)SC1=S. The molecule has 2 fully saturated rings. The molecule has 0 saturated carbocycles. The van der Waals surface area contributed by atoms with E-state index in [0.717, 1.165) is 5.56 Å². The summed E-state index contributed by atoms with van der Waals surface area (Å²) in [4.78, 5) is 37.8. The summed E-state index contributed by atoms with van der Waals surface area (Å²) in [6.07, 6.45) is 4.03. The standard InChI is InChI=1S/C27H28FN5O3S2/c1-18-8-9-23-29-24(31-13-11-30(12-14-31)21-7-4-3-6-20(21)28)19(25(34)33(23)17-18)16-22-26(35)32(27(37)38-22)10-5-15-36-2/h3-4,6-9,16-17H,5,10-15H2,1-2H3/b22-16+. The molecule has 8 nitrogen and oxygen atoms in total. The van der Waals surface area contributed by atoms with Crippen LogP contribution >= 0.6 is 24.0 Å². The number of thiocarbonyl (C=S) groups is 1. The van der Waals surface area contributed by atoms with Gasteiger partial charge >= 0.3 is 0 Å². The molecule has 0 radical (unpaired) electrons. The van der Waals surface area contributed by atoms with E-state index >= 15 is 0 Å². The number of anilines is 2. The minimum Gasteiger partial charge on any atom is -0.385 e. The van der Waals surface area contributed by atoms with Crippen LogP contribution in [0.4, 0.5) is 15.9 Å². The lowest BCUT2D eigenvalue weighted by molar-refractivity contribution is -0.122. The van der Waals surface area contributed by atoms with Gasteiger partial charge in [-0.1, -0.05) is 42.2 Å². The van der Waals surface area contributed by atoms with Gasteiger partial charge in [0.25, 0.3) is 11.5 Å². The van der Waals surface area contributed by atoms with E-state index in [4.69, 9.17) is 21.9 Å². The van der Waals surface area contributed by atoms with Gasteiger partial charge in [-0.05, 0) is 43.2 Å². The van der Waals surface area contributed by atoms with E-state index in [0.29, 0.717) is 77.7 Å². The molecule has 0 atom stereocenters. The number of piperazine rings is 1. The number of pyridine rings is 1. The first-order valence-corrected chi connectivity index (χ1v) is 13.6. The minimum atomic E-state index is -0.258. The Morgan fingerprint density at radius 3 is 2.58 bits per heavy atom.